The van der Waals surface area contributed by atoms with Crippen LogP contribution >= 0.6 is 0 Å². The molecule has 3 rings (SSSR count). The average molecular weight is 348 g/mol. The molecule has 138 valence electrons. The van der Waals surface area contributed by atoms with E-state index in [9.17, 15) is 4.79 Å². The Bertz CT molecular complexity index is 589. The van der Waals surface area contributed by atoms with Crippen LogP contribution in [-0.2, 0) is 11.3 Å². The fourth-order valence-electron chi connectivity index (χ4n) is 3.59. The minimum atomic E-state index is 0.139. The van der Waals surface area contributed by atoms with Crippen LogP contribution in [0.2, 0.25) is 0 Å². The number of nitrogens with one attached hydrogen (secondary N) is 2. The fourth-order valence-corrected chi connectivity index (χ4v) is 3.59. The Kier molecular flexibility index (Phi) is 6.04. The number of amides is 1. The summed E-state index contributed by atoms with van der Waals surface area (Å²) in [6.07, 6.45) is 5.28. The number of hydrogen-bond donors (Lipinski definition) is 3. The molecule has 1 unspecified atom stereocenters. The number of anilines is 2. The second kappa shape index (κ2) is 8.44. The van der Waals surface area contributed by atoms with Gasteiger partial charge in [-0.05, 0) is 38.8 Å². The van der Waals surface area contributed by atoms with Crippen molar-refractivity contribution in [3.8, 4) is 0 Å². The minimum absolute atomic E-state index is 0.139. The molecule has 1 saturated heterocycles. The van der Waals surface area contributed by atoms with E-state index in [0.717, 1.165) is 49.6 Å². The van der Waals surface area contributed by atoms with Crippen LogP contribution in [0.25, 0.3) is 0 Å². The Hall–Kier alpha value is -1.93. The maximum absolute atomic E-state index is 12.8. The summed E-state index contributed by atoms with van der Waals surface area (Å²) in [5, 5.41) is 15.7. The van der Waals surface area contributed by atoms with Gasteiger partial charge in [-0.25, -0.2) is 9.97 Å². The summed E-state index contributed by atoms with van der Waals surface area (Å²) in [5.41, 5.74) is 0.964. The zero-order valence-electron chi connectivity index (χ0n) is 14.9. The lowest BCUT2D eigenvalue weighted by atomic mass is 10.1. The third-order valence-electron chi connectivity index (χ3n) is 4.92. The summed E-state index contributed by atoms with van der Waals surface area (Å²) in [6, 6.07) is 0.257. The quantitative estimate of drug-likeness (QED) is 0.654. The maximum atomic E-state index is 12.8. The van der Waals surface area contributed by atoms with Gasteiger partial charge in [0.1, 0.15) is 18.0 Å². The first-order valence-corrected chi connectivity index (χ1v) is 9.10. The van der Waals surface area contributed by atoms with Crippen molar-refractivity contribution in [2.45, 2.75) is 38.3 Å². The smallest absolute Gasteiger partial charge is 0.242 e. The molecule has 1 atom stereocenters. The van der Waals surface area contributed by atoms with Crippen LogP contribution in [0.1, 0.15) is 31.2 Å². The molecule has 0 radical (unpaired) electrons. The zero-order valence-corrected chi connectivity index (χ0v) is 14.9. The molecule has 0 aliphatic carbocycles. The van der Waals surface area contributed by atoms with Crippen molar-refractivity contribution < 1.29 is 9.90 Å². The molecule has 8 nitrogen and oxygen atoms in total. The van der Waals surface area contributed by atoms with Gasteiger partial charge in [-0.15, -0.1) is 0 Å². The molecule has 1 aromatic rings. The highest BCUT2D eigenvalue weighted by Gasteiger charge is 2.31. The monoisotopic (exact) mass is 348 g/mol. The number of likely N-dealkylation sites (N-methyl/N-ethyl adjacent to an activating group) is 1. The number of fused-ring (bicyclic) bond motifs is 1. The van der Waals surface area contributed by atoms with Crippen molar-refractivity contribution in [1.82, 2.24) is 20.2 Å². The first-order chi connectivity index (χ1) is 12.2. The van der Waals surface area contributed by atoms with Crippen molar-refractivity contribution in [2.75, 3.05) is 50.1 Å². The lowest BCUT2D eigenvalue weighted by molar-refractivity contribution is -0.132. The minimum Gasteiger partial charge on any atom is -0.396 e. The largest absolute Gasteiger partial charge is 0.396 e. The summed E-state index contributed by atoms with van der Waals surface area (Å²) >= 11 is 0. The van der Waals surface area contributed by atoms with E-state index >= 15 is 0 Å². The number of aliphatic hydroxyl groups excluding tert-OH is 1. The second-order valence-electron chi connectivity index (χ2n) is 6.74. The molecule has 2 aliphatic heterocycles. The molecule has 0 aromatic carbocycles. The highest BCUT2D eigenvalue weighted by Crippen LogP contribution is 2.29. The summed E-state index contributed by atoms with van der Waals surface area (Å²) in [6.45, 7) is 3.62. The Balaban J connectivity index is 1.86. The van der Waals surface area contributed by atoms with Crippen molar-refractivity contribution >= 4 is 17.5 Å². The van der Waals surface area contributed by atoms with Gasteiger partial charge >= 0.3 is 0 Å². The lowest BCUT2D eigenvalue weighted by Crippen LogP contribution is -2.43. The number of carbonyl (C=O) groups is 1. The maximum Gasteiger partial charge on any atom is 0.242 e. The molecule has 2 aliphatic rings. The molecule has 8 heteroatoms. The van der Waals surface area contributed by atoms with Crippen LogP contribution < -0.4 is 15.5 Å². The van der Waals surface area contributed by atoms with E-state index in [1.807, 2.05) is 16.8 Å². The molecular formula is C17H28N6O2. The highest BCUT2D eigenvalue weighted by molar-refractivity contribution is 5.83. The standard InChI is InChI=1S/C17H28N6O2/c1-22-11-15(25)23(13-4-2-6-18-8-5-13)10-14-16(19-7-3-9-24)20-12-21-17(14)22/h12-13,18,24H,2-11H2,1H3,(H,19,20,21). The molecule has 3 heterocycles. The SMILES string of the molecule is CN1CC(=O)N(C2CCCNCC2)Cc2c(NCCCO)ncnc21. The van der Waals surface area contributed by atoms with Crippen molar-refractivity contribution in [2.24, 2.45) is 0 Å². The predicted octanol–water partition coefficient (Wildman–Crippen LogP) is 0.191. The molecular weight excluding hydrogens is 320 g/mol. The van der Waals surface area contributed by atoms with E-state index in [0.29, 0.717) is 26.1 Å². The van der Waals surface area contributed by atoms with Gasteiger partial charge in [0, 0.05) is 26.2 Å². The summed E-state index contributed by atoms with van der Waals surface area (Å²) < 4.78 is 0. The van der Waals surface area contributed by atoms with E-state index in [1.54, 1.807) is 0 Å². The van der Waals surface area contributed by atoms with Gasteiger partial charge in [-0.3, -0.25) is 4.79 Å². The number of nitrogens with zero attached hydrogens (tertiary/aromatic N) is 4. The number of rotatable bonds is 5. The highest BCUT2D eigenvalue weighted by atomic mass is 16.3. The molecule has 1 amide bonds. The molecule has 0 saturated carbocycles. The van der Waals surface area contributed by atoms with Gasteiger partial charge in [-0.1, -0.05) is 0 Å². The Morgan fingerprint density at radius 1 is 1.32 bits per heavy atom. The second-order valence-corrected chi connectivity index (χ2v) is 6.74. The van der Waals surface area contributed by atoms with Crippen LogP contribution in [0.15, 0.2) is 6.33 Å². The van der Waals surface area contributed by atoms with Crippen LogP contribution in [0.4, 0.5) is 11.6 Å². The molecule has 1 fully saturated rings. The van der Waals surface area contributed by atoms with Crippen LogP contribution in [0.5, 0.6) is 0 Å². The number of aliphatic hydroxyl groups is 1. The fraction of sp³-hybridized carbons (Fsp3) is 0.706. The summed E-state index contributed by atoms with van der Waals surface area (Å²) in [4.78, 5) is 25.6. The molecule has 0 bridgehead atoms. The van der Waals surface area contributed by atoms with Crippen LogP contribution in [0, 0.1) is 0 Å². The molecule has 1 aromatic heterocycles. The Morgan fingerprint density at radius 3 is 3.04 bits per heavy atom. The Morgan fingerprint density at radius 2 is 2.20 bits per heavy atom. The van der Waals surface area contributed by atoms with Crippen molar-refractivity contribution in [3.05, 3.63) is 11.9 Å². The third-order valence-corrected chi connectivity index (χ3v) is 4.92. The van der Waals surface area contributed by atoms with Gasteiger partial charge in [-0.2, -0.15) is 0 Å². The summed E-state index contributed by atoms with van der Waals surface area (Å²) in [7, 11) is 1.90. The average Bonchev–Trinajstić information content (AvgIpc) is 2.94. The number of aromatic nitrogens is 2. The predicted molar refractivity (Wildman–Crippen MR) is 96.6 cm³/mol. The van der Waals surface area contributed by atoms with E-state index in [1.165, 1.54) is 6.33 Å². The lowest BCUT2D eigenvalue weighted by Gasteiger charge is -2.30. The van der Waals surface area contributed by atoms with E-state index in [-0.39, 0.29) is 18.6 Å². The van der Waals surface area contributed by atoms with Gasteiger partial charge in [0.25, 0.3) is 0 Å². The third kappa shape index (κ3) is 4.19. The van der Waals surface area contributed by atoms with Gasteiger partial charge in [0.15, 0.2) is 0 Å². The van der Waals surface area contributed by atoms with Gasteiger partial charge in [0.2, 0.25) is 5.91 Å². The van der Waals surface area contributed by atoms with Gasteiger partial charge in [0.05, 0.1) is 18.7 Å². The van der Waals surface area contributed by atoms with Crippen molar-refractivity contribution in [1.29, 1.82) is 0 Å². The van der Waals surface area contributed by atoms with E-state index in [4.69, 9.17) is 5.11 Å². The normalized spacial score (nSPS) is 21.5. The number of carbonyl (C=O) groups excluding carboxylic acids is 1. The van der Waals surface area contributed by atoms with Crippen LogP contribution in [0.3, 0.4) is 0 Å². The molecule has 25 heavy (non-hydrogen) atoms. The van der Waals surface area contributed by atoms with E-state index < -0.39 is 0 Å². The van der Waals surface area contributed by atoms with Crippen molar-refractivity contribution in [3.63, 3.8) is 0 Å². The topological polar surface area (TPSA) is 93.6 Å². The van der Waals surface area contributed by atoms with Gasteiger partial charge < -0.3 is 25.5 Å². The van der Waals surface area contributed by atoms with E-state index in [2.05, 4.69) is 20.6 Å². The zero-order chi connectivity index (χ0) is 17.6. The summed E-state index contributed by atoms with van der Waals surface area (Å²) in [5.74, 6) is 1.72. The van der Waals surface area contributed by atoms with Crippen LogP contribution in [-0.4, -0.2) is 71.8 Å². The Labute approximate surface area is 148 Å². The first kappa shape index (κ1) is 17.9. The molecule has 0 spiro atoms. The molecule has 3 N–H and O–H groups in total. The number of hydrogen-bond acceptors (Lipinski definition) is 7. The first-order valence-electron chi connectivity index (χ1n) is 9.10.